The van der Waals surface area contributed by atoms with E-state index in [1.165, 1.54) is 0 Å². The third-order valence-electron chi connectivity index (χ3n) is 2.52. The van der Waals surface area contributed by atoms with Crippen LogP contribution in [0.5, 0.6) is 0 Å². The van der Waals surface area contributed by atoms with E-state index in [9.17, 15) is 0 Å². The average molecular weight is 234 g/mol. The Kier molecular flexibility index (Phi) is 2.54. The summed E-state index contributed by atoms with van der Waals surface area (Å²) >= 11 is 0. The molecule has 0 spiro atoms. The van der Waals surface area contributed by atoms with Gasteiger partial charge in [0.25, 0.3) is 5.89 Å². The molecule has 0 amide bonds. The van der Waals surface area contributed by atoms with E-state index >= 15 is 0 Å². The Morgan fingerprint density at radius 1 is 1.17 bits per heavy atom. The monoisotopic (exact) mass is 234 g/mol. The van der Waals surface area contributed by atoms with Crippen LogP contribution in [0.1, 0.15) is 17.0 Å². The van der Waals surface area contributed by atoms with Gasteiger partial charge in [0.15, 0.2) is 5.58 Å². The molecule has 2 aromatic heterocycles. The van der Waals surface area contributed by atoms with Gasteiger partial charge in [-0.3, -0.25) is 4.98 Å². The summed E-state index contributed by atoms with van der Waals surface area (Å²) in [5.41, 5.74) is 3.60. The number of aryl methyl sites for hydroxylation is 1. The molecular weight excluding hydrogens is 224 g/mol. The molecule has 0 aliphatic rings. The zero-order chi connectivity index (χ0) is 12.4. The lowest BCUT2D eigenvalue weighted by molar-refractivity contribution is 0.586. The van der Waals surface area contributed by atoms with Crippen LogP contribution >= 0.6 is 0 Å². The molecule has 0 unspecified atom stereocenters. The maximum Gasteiger partial charge on any atom is 0.274 e. The summed E-state index contributed by atoms with van der Waals surface area (Å²) in [5, 5.41) is 0. The van der Waals surface area contributed by atoms with Gasteiger partial charge in [0.05, 0.1) is 0 Å². The third kappa shape index (κ3) is 2.09. The lowest BCUT2D eigenvalue weighted by atomic mass is 10.2. The van der Waals surface area contributed by atoms with Gasteiger partial charge in [0.2, 0.25) is 0 Å². The highest BCUT2D eigenvalue weighted by Gasteiger charge is 2.02. The molecule has 3 nitrogen and oxygen atoms in total. The van der Waals surface area contributed by atoms with Crippen LogP contribution in [0.3, 0.4) is 0 Å². The molecule has 1 aromatic carbocycles. The second-order valence-corrected chi connectivity index (χ2v) is 3.98. The Morgan fingerprint density at radius 2 is 2.11 bits per heavy atom. The average Bonchev–Trinajstić information content (AvgIpc) is 2.79. The molecule has 2 heterocycles. The first-order valence-corrected chi connectivity index (χ1v) is 5.60. The first-order valence-electron chi connectivity index (χ1n) is 5.60. The van der Waals surface area contributed by atoms with Crippen molar-refractivity contribution in [2.45, 2.75) is 6.92 Å². The van der Waals surface area contributed by atoms with Crippen LogP contribution in [-0.2, 0) is 0 Å². The molecule has 0 radical (unpaired) electrons. The SMILES string of the molecule is Cc1ccc2oc(C#Cc3cccnc3)nc2c1. The maximum absolute atomic E-state index is 5.54. The van der Waals surface area contributed by atoms with Gasteiger partial charge >= 0.3 is 0 Å². The normalized spacial score (nSPS) is 10.1. The number of nitrogens with zero attached hydrogens (tertiary/aromatic N) is 2. The van der Waals surface area contributed by atoms with Gasteiger partial charge in [-0.1, -0.05) is 12.0 Å². The van der Waals surface area contributed by atoms with Gasteiger partial charge in [0, 0.05) is 18.0 Å². The first kappa shape index (κ1) is 10.5. The Hall–Kier alpha value is -2.60. The number of fused-ring (bicyclic) bond motifs is 1. The zero-order valence-electron chi connectivity index (χ0n) is 9.84. The van der Waals surface area contributed by atoms with E-state index in [4.69, 9.17) is 4.42 Å². The topological polar surface area (TPSA) is 38.9 Å². The van der Waals surface area contributed by atoms with Gasteiger partial charge in [-0.25, -0.2) is 4.98 Å². The number of pyridine rings is 1. The highest BCUT2D eigenvalue weighted by atomic mass is 16.3. The standard InChI is InChI=1S/C15H10N2O/c1-11-4-6-14-13(9-11)17-15(18-14)7-5-12-3-2-8-16-10-12/h2-4,6,8-10H,1H3. The van der Waals surface area contributed by atoms with E-state index in [0.29, 0.717) is 5.89 Å². The Labute approximate surface area is 104 Å². The molecule has 18 heavy (non-hydrogen) atoms. The second kappa shape index (κ2) is 4.34. The van der Waals surface area contributed by atoms with Gasteiger partial charge in [-0.15, -0.1) is 0 Å². The molecule has 0 saturated carbocycles. The summed E-state index contributed by atoms with van der Waals surface area (Å²) in [6, 6.07) is 9.62. The molecule has 3 rings (SSSR count). The van der Waals surface area contributed by atoms with Crippen molar-refractivity contribution in [1.29, 1.82) is 0 Å². The Balaban J connectivity index is 1.99. The molecule has 0 bridgehead atoms. The Bertz CT molecular complexity index is 748. The van der Waals surface area contributed by atoms with Crippen LogP contribution < -0.4 is 0 Å². The molecule has 0 aliphatic heterocycles. The molecule has 0 N–H and O–H groups in total. The zero-order valence-corrected chi connectivity index (χ0v) is 9.84. The molecule has 0 atom stereocenters. The number of hydrogen-bond donors (Lipinski definition) is 0. The lowest BCUT2D eigenvalue weighted by Crippen LogP contribution is -1.76. The fourth-order valence-corrected chi connectivity index (χ4v) is 1.65. The van der Waals surface area contributed by atoms with Gasteiger partial charge in [-0.2, -0.15) is 0 Å². The minimum atomic E-state index is 0.430. The van der Waals surface area contributed by atoms with Crippen molar-refractivity contribution in [3.8, 4) is 11.8 Å². The summed E-state index contributed by atoms with van der Waals surface area (Å²) in [6.45, 7) is 2.02. The molecule has 0 aliphatic carbocycles. The summed E-state index contributed by atoms with van der Waals surface area (Å²) in [5.74, 6) is 6.30. The van der Waals surface area contributed by atoms with E-state index in [-0.39, 0.29) is 0 Å². The summed E-state index contributed by atoms with van der Waals surface area (Å²) < 4.78 is 5.54. The minimum absolute atomic E-state index is 0.430. The van der Waals surface area contributed by atoms with Crippen LogP contribution in [-0.4, -0.2) is 9.97 Å². The smallest absolute Gasteiger partial charge is 0.274 e. The molecule has 3 aromatic rings. The third-order valence-corrected chi connectivity index (χ3v) is 2.52. The van der Waals surface area contributed by atoms with Crippen molar-refractivity contribution in [3.63, 3.8) is 0 Å². The van der Waals surface area contributed by atoms with Crippen molar-refractivity contribution in [3.05, 3.63) is 59.7 Å². The highest BCUT2D eigenvalue weighted by molar-refractivity contribution is 5.73. The first-order chi connectivity index (χ1) is 8.81. The molecular formula is C15H10N2O. The van der Waals surface area contributed by atoms with Crippen molar-refractivity contribution in [2.24, 2.45) is 0 Å². The number of benzene rings is 1. The molecule has 0 saturated heterocycles. The number of oxazole rings is 1. The van der Waals surface area contributed by atoms with Crippen LogP contribution in [0.25, 0.3) is 11.1 Å². The quantitative estimate of drug-likeness (QED) is 0.561. The Morgan fingerprint density at radius 3 is 2.94 bits per heavy atom. The molecule has 86 valence electrons. The predicted molar refractivity (Wildman–Crippen MR) is 69.0 cm³/mol. The fraction of sp³-hybridized carbons (Fsp3) is 0.0667. The summed E-state index contributed by atoms with van der Waals surface area (Å²) in [4.78, 5) is 8.33. The van der Waals surface area contributed by atoms with E-state index in [2.05, 4.69) is 21.8 Å². The molecule has 0 fully saturated rings. The van der Waals surface area contributed by atoms with Crippen molar-refractivity contribution < 1.29 is 4.42 Å². The van der Waals surface area contributed by atoms with E-state index in [1.807, 2.05) is 37.3 Å². The lowest BCUT2D eigenvalue weighted by Gasteiger charge is -1.87. The van der Waals surface area contributed by atoms with Crippen LogP contribution in [0.15, 0.2) is 47.1 Å². The van der Waals surface area contributed by atoms with Crippen LogP contribution in [0, 0.1) is 18.8 Å². The summed E-state index contributed by atoms with van der Waals surface area (Å²) in [6.07, 6.45) is 3.42. The highest BCUT2D eigenvalue weighted by Crippen LogP contribution is 2.16. The van der Waals surface area contributed by atoms with Crippen molar-refractivity contribution >= 4 is 11.1 Å². The van der Waals surface area contributed by atoms with Gasteiger partial charge in [-0.05, 0) is 42.7 Å². The van der Waals surface area contributed by atoms with E-state index < -0.39 is 0 Å². The van der Waals surface area contributed by atoms with Crippen LogP contribution in [0.4, 0.5) is 0 Å². The number of hydrogen-bond acceptors (Lipinski definition) is 3. The fourth-order valence-electron chi connectivity index (χ4n) is 1.65. The number of rotatable bonds is 0. The summed E-state index contributed by atoms with van der Waals surface area (Å²) in [7, 11) is 0. The van der Waals surface area contributed by atoms with Crippen molar-refractivity contribution in [2.75, 3.05) is 0 Å². The van der Waals surface area contributed by atoms with Crippen LogP contribution in [0.2, 0.25) is 0 Å². The van der Waals surface area contributed by atoms with Gasteiger partial charge < -0.3 is 4.42 Å². The molecule has 3 heteroatoms. The maximum atomic E-state index is 5.54. The predicted octanol–water partition coefficient (Wildman–Crippen LogP) is 2.93. The van der Waals surface area contributed by atoms with Crippen molar-refractivity contribution in [1.82, 2.24) is 9.97 Å². The largest absolute Gasteiger partial charge is 0.430 e. The van der Waals surface area contributed by atoms with Gasteiger partial charge in [0.1, 0.15) is 5.52 Å². The minimum Gasteiger partial charge on any atom is -0.430 e. The second-order valence-electron chi connectivity index (χ2n) is 3.98. The van der Waals surface area contributed by atoms with E-state index in [0.717, 1.165) is 22.2 Å². The number of aromatic nitrogens is 2. The van der Waals surface area contributed by atoms with E-state index in [1.54, 1.807) is 12.4 Å².